The zero-order valence-corrected chi connectivity index (χ0v) is 14.8. The lowest BCUT2D eigenvalue weighted by atomic mass is 9.99. The van der Waals surface area contributed by atoms with Crippen LogP contribution in [0.4, 0.5) is 0 Å². The first-order valence-electron chi connectivity index (χ1n) is 7.98. The molecule has 0 amide bonds. The predicted molar refractivity (Wildman–Crippen MR) is 88.1 cm³/mol. The molecule has 1 aliphatic carbocycles. The number of hydrogen-bond donors (Lipinski definition) is 0. The molecule has 2 atom stereocenters. The van der Waals surface area contributed by atoms with Crippen LogP contribution in [0.25, 0.3) is 0 Å². The fourth-order valence-corrected chi connectivity index (χ4v) is 5.17. The van der Waals surface area contributed by atoms with Gasteiger partial charge in [0.2, 0.25) is 0 Å². The van der Waals surface area contributed by atoms with Gasteiger partial charge in [-0.2, -0.15) is 0 Å². The van der Waals surface area contributed by atoms with Crippen LogP contribution in [0.3, 0.4) is 0 Å². The molecule has 7 heteroatoms. The molecule has 24 heavy (non-hydrogen) atoms. The van der Waals surface area contributed by atoms with Gasteiger partial charge in [-0.05, 0) is 19.4 Å². The van der Waals surface area contributed by atoms with E-state index in [9.17, 15) is 18.0 Å². The van der Waals surface area contributed by atoms with Crippen LogP contribution >= 0.6 is 0 Å². The number of esters is 2. The maximum absolute atomic E-state index is 12.6. The zero-order chi connectivity index (χ0) is 18.0. The molecular formula is C17H22O6S. The molecule has 1 aromatic carbocycles. The van der Waals surface area contributed by atoms with Crippen molar-refractivity contribution in [3.63, 3.8) is 0 Å². The molecule has 1 aromatic rings. The first kappa shape index (κ1) is 18.4. The summed E-state index contributed by atoms with van der Waals surface area (Å²) in [6.07, 6.45) is 0. The largest absolute Gasteiger partial charge is 0.465 e. The van der Waals surface area contributed by atoms with Gasteiger partial charge in [-0.15, -0.1) is 0 Å². The van der Waals surface area contributed by atoms with Crippen molar-refractivity contribution in [2.45, 2.75) is 31.9 Å². The lowest BCUT2D eigenvalue weighted by Gasteiger charge is -2.15. The number of rotatable bonds is 7. The van der Waals surface area contributed by atoms with Gasteiger partial charge >= 0.3 is 11.9 Å². The highest BCUT2D eigenvalue weighted by atomic mass is 32.2. The van der Waals surface area contributed by atoms with Crippen LogP contribution in [0.1, 0.15) is 32.3 Å². The number of carbonyl (C=O) groups is 2. The summed E-state index contributed by atoms with van der Waals surface area (Å²) in [5.41, 5.74) is -1.21. The Morgan fingerprint density at radius 2 is 1.50 bits per heavy atom. The average Bonchev–Trinajstić information content (AvgIpc) is 3.29. The average molecular weight is 354 g/mol. The van der Waals surface area contributed by atoms with Crippen molar-refractivity contribution in [3.8, 4) is 0 Å². The SMILES string of the molecule is CCOC(=O)C1(C(=O)OCC)[C@H](S(=O)(=O)CC)[C@@H]1c1ccccc1. The second-order valence-electron chi connectivity index (χ2n) is 5.57. The lowest BCUT2D eigenvalue weighted by Crippen LogP contribution is -2.36. The van der Waals surface area contributed by atoms with Crippen molar-refractivity contribution in [3.05, 3.63) is 35.9 Å². The van der Waals surface area contributed by atoms with Gasteiger partial charge in [-0.1, -0.05) is 37.3 Å². The summed E-state index contributed by atoms with van der Waals surface area (Å²) < 4.78 is 35.2. The van der Waals surface area contributed by atoms with Crippen molar-refractivity contribution >= 4 is 21.8 Å². The van der Waals surface area contributed by atoms with Crippen LogP contribution in [-0.4, -0.2) is 44.6 Å². The maximum Gasteiger partial charge on any atom is 0.325 e. The summed E-state index contributed by atoms with van der Waals surface area (Å²) in [4.78, 5) is 25.2. The number of hydrogen-bond acceptors (Lipinski definition) is 6. The molecule has 0 radical (unpaired) electrons. The number of ether oxygens (including phenoxy) is 2. The normalized spacial score (nSPS) is 21.8. The first-order chi connectivity index (χ1) is 11.4. The van der Waals surface area contributed by atoms with E-state index >= 15 is 0 Å². The molecule has 0 aromatic heterocycles. The summed E-state index contributed by atoms with van der Waals surface area (Å²) in [5, 5.41) is -1.16. The van der Waals surface area contributed by atoms with Crippen molar-refractivity contribution < 1.29 is 27.5 Å². The Bertz CT molecular complexity index is 692. The highest BCUT2D eigenvalue weighted by Gasteiger charge is 2.81. The molecule has 0 aliphatic heterocycles. The quantitative estimate of drug-likeness (QED) is 0.547. The minimum Gasteiger partial charge on any atom is -0.465 e. The van der Waals surface area contributed by atoms with E-state index in [1.807, 2.05) is 0 Å². The van der Waals surface area contributed by atoms with Gasteiger partial charge in [0.1, 0.15) is 0 Å². The third-order valence-corrected chi connectivity index (χ3v) is 6.53. The van der Waals surface area contributed by atoms with Gasteiger partial charge in [0, 0.05) is 11.7 Å². The van der Waals surface area contributed by atoms with Crippen molar-refractivity contribution in [1.82, 2.24) is 0 Å². The van der Waals surface area contributed by atoms with E-state index in [-0.39, 0.29) is 19.0 Å². The van der Waals surface area contributed by atoms with Gasteiger partial charge < -0.3 is 9.47 Å². The molecular weight excluding hydrogens is 332 g/mol. The van der Waals surface area contributed by atoms with Crippen LogP contribution in [0.2, 0.25) is 0 Å². The van der Waals surface area contributed by atoms with Crippen molar-refractivity contribution in [2.24, 2.45) is 5.41 Å². The Morgan fingerprint density at radius 1 is 1.00 bits per heavy atom. The maximum atomic E-state index is 12.6. The molecule has 1 saturated carbocycles. The topological polar surface area (TPSA) is 86.7 Å². The third kappa shape index (κ3) is 2.81. The van der Waals surface area contributed by atoms with Crippen LogP contribution < -0.4 is 0 Å². The van der Waals surface area contributed by atoms with Crippen molar-refractivity contribution in [2.75, 3.05) is 19.0 Å². The zero-order valence-electron chi connectivity index (χ0n) is 14.0. The second kappa shape index (κ2) is 6.93. The minimum atomic E-state index is -3.66. The van der Waals surface area contributed by atoms with E-state index in [0.717, 1.165) is 0 Å². The first-order valence-corrected chi connectivity index (χ1v) is 9.70. The fraction of sp³-hybridized carbons (Fsp3) is 0.529. The van der Waals surface area contributed by atoms with E-state index in [1.54, 1.807) is 44.2 Å². The van der Waals surface area contributed by atoms with Gasteiger partial charge in [0.05, 0.1) is 18.5 Å². The van der Waals surface area contributed by atoms with E-state index in [4.69, 9.17) is 9.47 Å². The van der Waals surface area contributed by atoms with Crippen LogP contribution in [0.5, 0.6) is 0 Å². The molecule has 2 rings (SSSR count). The standard InChI is InChI=1S/C17H22O6S/c1-4-22-15(18)17(16(19)23-5-2)13(12-10-8-7-9-11-12)14(17)24(20,21)6-3/h7-11,13-14H,4-6H2,1-3H3/t13-,14+/m0/s1. The Morgan fingerprint density at radius 3 is 1.92 bits per heavy atom. The molecule has 1 aliphatic rings. The predicted octanol–water partition coefficient (Wildman–Crippen LogP) is 1.70. The molecule has 132 valence electrons. The summed E-state index contributed by atoms with van der Waals surface area (Å²) in [6, 6.07) is 8.69. The third-order valence-electron chi connectivity index (χ3n) is 4.31. The van der Waals surface area contributed by atoms with Gasteiger partial charge in [0.25, 0.3) is 0 Å². The molecule has 0 bridgehead atoms. The van der Waals surface area contributed by atoms with E-state index < -0.39 is 38.4 Å². The molecule has 0 heterocycles. The monoisotopic (exact) mass is 354 g/mol. The van der Waals surface area contributed by atoms with Gasteiger partial charge in [-0.25, -0.2) is 8.42 Å². The van der Waals surface area contributed by atoms with Gasteiger partial charge in [-0.3, -0.25) is 9.59 Å². The number of carbonyl (C=O) groups excluding carboxylic acids is 2. The Balaban J connectivity index is 2.60. The smallest absolute Gasteiger partial charge is 0.325 e. The Kier molecular flexibility index (Phi) is 5.32. The highest BCUT2D eigenvalue weighted by Crippen LogP contribution is 2.64. The summed E-state index contributed by atoms with van der Waals surface area (Å²) in [6.45, 7) is 4.83. The van der Waals surface area contributed by atoms with Crippen molar-refractivity contribution in [1.29, 1.82) is 0 Å². The van der Waals surface area contributed by atoms with E-state index in [1.165, 1.54) is 6.92 Å². The molecule has 1 fully saturated rings. The lowest BCUT2D eigenvalue weighted by molar-refractivity contribution is -0.164. The van der Waals surface area contributed by atoms with Crippen LogP contribution in [0, 0.1) is 5.41 Å². The minimum absolute atomic E-state index is 0.0559. The van der Waals surface area contributed by atoms with E-state index in [0.29, 0.717) is 5.56 Å². The number of sulfone groups is 1. The highest BCUT2D eigenvalue weighted by molar-refractivity contribution is 7.92. The fourth-order valence-electron chi connectivity index (χ4n) is 3.19. The van der Waals surface area contributed by atoms with Crippen LogP contribution in [0.15, 0.2) is 30.3 Å². The second-order valence-corrected chi connectivity index (χ2v) is 7.98. The summed E-state index contributed by atoms with van der Waals surface area (Å²) >= 11 is 0. The molecule has 6 nitrogen and oxygen atoms in total. The molecule has 0 unspecified atom stereocenters. The summed E-state index contributed by atoms with van der Waals surface area (Å²) in [7, 11) is -3.66. The molecule has 0 spiro atoms. The van der Waals surface area contributed by atoms with Gasteiger partial charge in [0.15, 0.2) is 15.3 Å². The number of benzene rings is 1. The van der Waals surface area contributed by atoms with E-state index in [2.05, 4.69) is 0 Å². The molecule has 0 N–H and O–H groups in total. The Labute approximate surface area is 142 Å². The van der Waals surface area contributed by atoms with Crippen LogP contribution in [-0.2, 0) is 28.9 Å². The molecule has 0 saturated heterocycles. The summed E-state index contributed by atoms with van der Waals surface area (Å²) in [5.74, 6) is -2.62. The Hall–Kier alpha value is -1.89.